The highest BCUT2D eigenvalue weighted by molar-refractivity contribution is 9.10. The lowest BCUT2D eigenvalue weighted by Gasteiger charge is -2.14. The second kappa shape index (κ2) is 4.89. The van der Waals surface area contributed by atoms with Crippen LogP contribution in [0.4, 0.5) is 0 Å². The van der Waals surface area contributed by atoms with Crippen LogP contribution in [0.5, 0.6) is 0 Å². The fraction of sp³-hybridized carbons (Fsp3) is 0.294. The minimum atomic E-state index is 1.22. The van der Waals surface area contributed by atoms with Crippen LogP contribution in [-0.4, -0.2) is 0 Å². The van der Waals surface area contributed by atoms with Gasteiger partial charge in [-0.3, -0.25) is 0 Å². The number of hydrogen-bond acceptors (Lipinski definition) is 0. The molecule has 0 saturated carbocycles. The molecule has 0 aliphatic rings. The average molecular weight is 303 g/mol. The lowest BCUT2D eigenvalue weighted by molar-refractivity contribution is 1.29. The summed E-state index contributed by atoms with van der Waals surface area (Å²) in [5.74, 6) is 0. The van der Waals surface area contributed by atoms with Crippen molar-refractivity contribution in [2.45, 2.75) is 34.6 Å². The van der Waals surface area contributed by atoms with Crippen molar-refractivity contribution >= 4 is 15.9 Å². The standard InChI is InChI=1S/C17H19Br/c1-10-6-11(2)16(12(3)7-10)15-8-13(4)17(18)14(5)9-15/h6-9H,1-5H3. The molecule has 0 N–H and O–H groups in total. The average Bonchev–Trinajstić information content (AvgIpc) is 2.24. The van der Waals surface area contributed by atoms with Gasteiger partial charge in [-0.2, -0.15) is 0 Å². The minimum Gasteiger partial charge on any atom is -0.0557 e. The van der Waals surface area contributed by atoms with Gasteiger partial charge in [0.25, 0.3) is 0 Å². The van der Waals surface area contributed by atoms with E-state index in [-0.39, 0.29) is 0 Å². The fourth-order valence-electron chi connectivity index (χ4n) is 2.73. The Balaban J connectivity index is 2.70. The van der Waals surface area contributed by atoms with Gasteiger partial charge in [0.2, 0.25) is 0 Å². The predicted molar refractivity (Wildman–Crippen MR) is 83.3 cm³/mol. The van der Waals surface area contributed by atoms with Crippen LogP contribution in [0.3, 0.4) is 0 Å². The number of aryl methyl sites for hydroxylation is 5. The van der Waals surface area contributed by atoms with Crippen LogP contribution >= 0.6 is 15.9 Å². The molecule has 2 aromatic rings. The molecule has 0 spiro atoms. The van der Waals surface area contributed by atoms with E-state index >= 15 is 0 Å². The molecule has 0 saturated heterocycles. The number of halogens is 1. The molecule has 0 bridgehead atoms. The van der Waals surface area contributed by atoms with E-state index in [0.29, 0.717) is 0 Å². The van der Waals surface area contributed by atoms with Crippen molar-refractivity contribution < 1.29 is 0 Å². The highest BCUT2D eigenvalue weighted by Gasteiger charge is 2.09. The molecule has 2 rings (SSSR count). The normalized spacial score (nSPS) is 10.8. The lowest BCUT2D eigenvalue weighted by Crippen LogP contribution is -1.92. The van der Waals surface area contributed by atoms with Gasteiger partial charge in [0.05, 0.1) is 0 Å². The molecule has 2 aromatic carbocycles. The smallest absolute Gasteiger partial charge is 0.0234 e. The van der Waals surface area contributed by atoms with E-state index in [1.807, 2.05) is 0 Å². The topological polar surface area (TPSA) is 0 Å². The van der Waals surface area contributed by atoms with Crippen molar-refractivity contribution in [2.24, 2.45) is 0 Å². The van der Waals surface area contributed by atoms with E-state index in [2.05, 4.69) is 74.8 Å². The molecule has 0 fully saturated rings. The van der Waals surface area contributed by atoms with Crippen LogP contribution in [0.15, 0.2) is 28.7 Å². The van der Waals surface area contributed by atoms with Gasteiger partial charge in [-0.15, -0.1) is 0 Å². The minimum absolute atomic E-state index is 1.22. The molecule has 0 atom stereocenters. The highest BCUT2D eigenvalue weighted by Crippen LogP contribution is 2.32. The molecule has 0 nitrogen and oxygen atoms in total. The van der Waals surface area contributed by atoms with Gasteiger partial charge in [0, 0.05) is 4.47 Å². The summed E-state index contributed by atoms with van der Waals surface area (Å²) in [6.45, 7) is 10.9. The Morgan fingerprint density at radius 2 is 1.11 bits per heavy atom. The van der Waals surface area contributed by atoms with Crippen molar-refractivity contribution in [3.63, 3.8) is 0 Å². The summed E-state index contributed by atoms with van der Waals surface area (Å²) < 4.78 is 1.22. The molecule has 0 unspecified atom stereocenters. The first-order valence-electron chi connectivity index (χ1n) is 6.25. The van der Waals surface area contributed by atoms with Crippen LogP contribution < -0.4 is 0 Å². The van der Waals surface area contributed by atoms with Gasteiger partial charge in [-0.1, -0.05) is 45.8 Å². The molecule has 0 heterocycles. The lowest BCUT2D eigenvalue weighted by atomic mass is 9.92. The van der Waals surface area contributed by atoms with Crippen LogP contribution in [-0.2, 0) is 0 Å². The van der Waals surface area contributed by atoms with Gasteiger partial charge in [-0.25, -0.2) is 0 Å². The van der Waals surface area contributed by atoms with Gasteiger partial charge >= 0.3 is 0 Å². The third-order valence-electron chi connectivity index (χ3n) is 3.40. The van der Waals surface area contributed by atoms with Crippen molar-refractivity contribution in [1.29, 1.82) is 0 Å². The summed E-state index contributed by atoms with van der Waals surface area (Å²) >= 11 is 3.63. The first-order valence-corrected chi connectivity index (χ1v) is 7.04. The molecule has 0 radical (unpaired) electrons. The second-order valence-electron chi connectivity index (χ2n) is 5.20. The zero-order chi connectivity index (χ0) is 13.4. The molecule has 0 amide bonds. The van der Waals surface area contributed by atoms with Gasteiger partial charge in [0.15, 0.2) is 0 Å². The van der Waals surface area contributed by atoms with E-state index in [1.165, 1.54) is 43.4 Å². The molecular weight excluding hydrogens is 284 g/mol. The molecule has 1 heteroatoms. The van der Waals surface area contributed by atoms with Crippen LogP contribution in [0.1, 0.15) is 27.8 Å². The third kappa shape index (κ3) is 2.37. The first-order chi connectivity index (χ1) is 8.40. The van der Waals surface area contributed by atoms with Crippen molar-refractivity contribution in [3.8, 4) is 11.1 Å². The molecule has 0 aliphatic heterocycles. The van der Waals surface area contributed by atoms with E-state index < -0.39 is 0 Å². The molecular formula is C17H19Br. The Morgan fingerprint density at radius 3 is 1.56 bits per heavy atom. The maximum atomic E-state index is 3.63. The van der Waals surface area contributed by atoms with Crippen molar-refractivity contribution in [2.75, 3.05) is 0 Å². The third-order valence-corrected chi connectivity index (χ3v) is 4.65. The fourth-order valence-corrected chi connectivity index (χ4v) is 2.95. The van der Waals surface area contributed by atoms with Crippen LogP contribution in [0, 0.1) is 34.6 Å². The SMILES string of the molecule is Cc1cc(C)c(-c2cc(C)c(Br)c(C)c2)c(C)c1. The summed E-state index contributed by atoms with van der Waals surface area (Å²) in [6.07, 6.45) is 0. The Labute approximate surface area is 118 Å². The quantitative estimate of drug-likeness (QED) is 0.638. The van der Waals surface area contributed by atoms with E-state index in [4.69, 9.17) is 0 Å². The number of hydrogen-bond donors (Lipinski definition) is 0. The maximum Gasteiger partial charge on any atom is 0.0234 e. The summed E-state index contributed by atoms with van der Waals surface area (Å²) in [4.78, 5) is 0. The predicted octanol–water partition coefficient (Wildman–Crippen LogP) is 5.66. The summed E-state index contributed by atoms with van der Waals surface area (Å²) in [5, 5.41) is 0. The van der Waals surface area contributed by atoms with E-state index in [1.54, 1.807) is 0 Å². The summed E-state index contributed by atoms with van der Waals surface area (Å²) in [5.41, 5.74) is 9.33. The Morgan fingerprint density at radius 1 is 0.667 bits per heavy atom. The molecule has 0 aromatic heterocycles. The van der Waals surface area contributed by atoms with E-state index in [9.17, 15) is 0 Å². The van der Waals surface area contributed by atoms with Crippen molar-refractivity contribution in [1.82, 2.24) is 0 Å². The molecule has 18 heavy (non-hydrogen) atoms. The van der Waals surface area contributed by atoms with Gasteiger partial charge in [0.1, 0.15) is 0 Å². The van der Waals surface area contributed by atoms with Crippen LogP contribution in [0.25, 0.3) is 11.1 Å². The second-order valence-corrected chi connectivity index (χ2v) is 5.99. The van der Waals surface area contributed by atoms with Gasteiger partial charge < -0.3 is 0 Å². The van der Waals surface area contributed by atoms with Crippen molar-refractivity contribution in [3.05, 3.63) is 56.6 Å². The largest absolute Gasteiger partial charge is 0.0557 e. The maximum absolute atomic E-state index is 3.63. The Kier molecular flexibility index (Phi) is 3.63. The summed E-state index contributed by atoms with van der Waals surface area (Å²) in [7, 11) is 0. The summed E-state index contributed by atoms with van der Waals surface area (Å²) in [6, 6.07) is 9.05. The zero-order valence-corrected chi connectivity index (χ0v) is 13.3. The van der Waals surface area contributed by atoms with Crippen LogP contribution in [0.2, 0.25) is 0 Å². The Bertz CT molecular complexity index is 563. The van der Waals surface area contributed by atoms with Gasteiger partial charge in [-0.05, 0) is 68.0 Å². The number of rotatable bonds is 1. The molecule has 0 aliphatic carbocycles. The number of benzene rings is 2. The Hall–Kier alpha value is -1.08. The zero-order valence-electron chi connectivity index (χ0n) is 11.7. The first kappa shape index (κ1) is 13.4. The highest BCUT2D eigenvalue weighted by atomic mass is 79.9. The van der Waals surface area contributed by atoms with E-state index in [0.717, 1.165) is 0 Å². The molecule has 94 valence electrons. The monoisotopic (exact) mass is 302 g/mol.